The number of hydroxylamine groups is 1. The maximum absolute atomic E-state index is 5.43. The summed E-state index contributed by atoms with van der Waals surface area (Å²) in [4.78, 5) is 6.03. The van der Waals surface area contributed by atoms with Crippen LogP contribution in [0.5, 0.6) is 0 Å². The van der Waals surface area contributed by atoms with E-state index < -0.39 is 0 Å². The molecular formula is C14H21NOSSe. The van der Waals surface area contributed by atoms with Crippen molar-refractivity contribution in [1.82, 2.24) is 5.48 Å². The van der Waals surface area contributed by atoms with Gasteiger partial charge in [-0.25, -0.2) is 0 Å². The van der Waals surface area contributed by atoms with E-state index in [1.54, 1.807) is 0 Å². The Kier molecular flexibility index (Phi) is 4.79. The number of rotatable bonds is 4. The first-order valence-electron chi connectivity index (χ1n) is 6.22. The van der Waals surface area contributed by atoms with Crippen LogP contribution in [0.4, 0.5) is 0 Å². The molecule has 100 valence electrons. The van der Waals surface area contributed by atoms with E-state index in [1.165, 1.54) is 10.0 Å². The van der Waals surface area contributed by atoms with E-state index in [9.17, 15) is 0 Å². The molecule has 0 aliphatic carbocycles. The second kappa shape index (κ2) is 5.98. The quantitative estimate of drug-likeness (QED) is 0.858. The molecule has 1 aromatic carbocycles. The standard InChI is InChI=1S/C14H21NOSSe/c1-10(17-4)11-7-5-6-8-12(11)18-13-9-16-15-14(13,2)3/h5-8,10,13,15H,9H2,1-4H3/t10-,13?/m0/s1. The minimum atomic E-state index is 0.0930. The third kappa shape index (κ3) is 3.12. The average molecular weight is 330 g/mol. The Labute approximate surface area is 120 Å². The second-order valence-electron chi connectivity index (χ2n) is 5.16. The van der Waals surface area contributed by atoms with Crippen molar-refractivity contribution in [2.45, 2.75) is 36.4 Å². The van der Waals surface area contributed by atoms with E-state index in [0.29, 0.717) is 25.0 Å². The fourth-order valence-corrected chi connectivity index (χ4v) is 5.37. The van der Waals surface area contributed by atoms with Gasteiger partial charge in [0.2, 0.25) is 0 Å². The molecule has 1 saturated heterocycles. The molecule has 0 bridgehead atoms. The molecule has 1 N–H and O–H groups in total. The van der Waals surface area contributed by atoms with E-state index >= 15 is 0 Å². The second-order valence-corrected chi connectivity index (χ2v) is 8.95. The first-order valence-corrected chi connectivity index (χ1v) is 9.35. The van der Waals surface area contributed by atoms with Gasteiger partial charge in [0.25, 0.3) is 0 Å². The summed E-state index contributed by atoms with van der Waals surface area (Å²) in [5.74, 6) is 0. The van der Waals surface area contributed by atoms with Crippen molar-refractivity contribution in [3.63, 3.8) is 0 Å². The van der Waals surface area contributed by atoms with Crippen LogP contribution < -0.4 is 9.94 Å². The Hall–Kier alpha value is 0.00948. The van der Waals surface area contributed by atoms with Gasteiger partial charge in [-0.05, 0) is 0 Å². The van der Waals surface area contributed by atoms with Crippen molar-refractivity contribution >= 4 is 31.2 Å². The fourth-order valence-electron chi connectivity index (χ4n) is 1.96. The van der Waals surface area contributed by atoms with Crippen molar-refractivity contribution in [1.29, 1.82) is 0 Å². The summed E-state index contributed by atoms with van der Waals surface area (Å²) in [7, 11) is 0. The zero-order chi connectivity index (χ0) is 13.2. The predicted octanol–water partition coefficient (Wildman–Crippen LogP) is 2.54. The Morgan fingerprint density at radius 3 is 2.78 bits per heavy atom. The number of hydrogen-bond acceptors (Lipinski definition) is 3. The summed E-state index contributed by atoms with van der Waals surface area (Å²) >= 11 is 2.36. The summed E-state index contributed by atoms with van der Waals surface area (Å²) in [6, 6.07) is 8.87. The fraction of sp³-hybridized carbons (Fsp3) is 0.571. The molecule has 1 fully saturated rings. The van der Waals surface area contributed by atoms with Crippen LogP contribution in [0.1, 0.15) is 31.6 Å². The molecule has 1 aliphatic rings. The van der Waals surface area contributed by atoms with Crippen LogP contribution in [-0.4, -0.2) is 33.4 Å². The van der Waals surface area contributed by atoms with Crippen molar-refractivity contribution in [2.24, 2.45) is 0 Å². The summed E-state index contributed by atoms with van der Waals surface area (Å²) < 4.78 is 1.53. The molecule has 0 radical (unpaired) electrons. The van der Waals surface area contributed by atoms with Crippen LogP contribution >= 0.6 is 11.8 Å². The van der Waals surface area contributed by atoms with Crippen LogP contribution in [-0.2, 0) is 4.84 Å². The van der Waals surface area contributed by atoms with Gasteiger partial charge in [-0.1, -0.05) is 0 Å². The molecule has 1 heterocycles. The number of hydrogen-bond donors (Lipinski definition) is 1. The average Bonchev–Trinajstić information content (AvgIpc) is 2.68. The predicted molar refractivity (Wildman–Crippen MR) is 80.7 cm³/mol. The first-order chi connectivity index (χ1) is 8.54. The molecule has 0 amide bonds. The molecule has 0 aromatic heterocycles. The normalized spacial score (nSPS) is 24.1. The van der Waals surface area contributed by atoms with Gasteiger partial charge in [-0.15, -0.1) is 0 Å². The summed E-state index contributed by atoms with van der Waals surface area (Å²) in [5, 5.41) is 0.571. The summed E-state index contributed by atoms with van der Waals surface area (Å²) in [6.45, 7) is 7.57. The van der Waals surface area contributed by atoms with Crippen molar-refractivity contribution in [3.8, 4) is 0 Å². The number of benzene rings is 1. The van der Waals surface area contributed by atoms with Gasteiger partial charge in [0.1, 0.15) is 0 Å². The Morgan fingerprint density at radius 2 is 2.17 bits per heavy atom. The third-order valence-corrected chi connectivity index (χ3v) is 7.75. The van der Waals surface area contributed by atoms with Crippen molar-refractivity contribution in [2.75, 3.05) is 12.9 Å². The zero-order valence-electron chi connectivity index (χ0n) is 11.4. The van der Waals surface area contributed by atoms with Crippen molar-refractivity contribution < 1.29 is 4.84 Å². The summed E-state index contributed by atoms with van der Waals surface area (Å²) in [5.41, 5.74) is 4.73. The van der Waals surface area contributed by atoms with E-state index in [2.05, 4.69) is 56.8 Å². The van der Waals surface area contributed by atoms with E-state index in [-0.39, 0.29) is 5.54 Å². The SMILES string of the molecule is CS[C@@H](C)c1ccccc1[Se]C1CONC1(C)C. The van der Waals surface area contributed by atoms with Crippen LogP contribution in [0.15, 0.2) is 24.3 Å². The maximum atomic E-state index is 5.43. The molecular weight excluding hydrogens is 309 g/mol. The molecule has 0 spiro atoms. The molecule has 2 nitrogen and oxygen atoms in total. The molecule has 1 aliphatic heterocycles. The van der Waals surface area contributed by atoms with Gasteiger partial charge < -0.3 is 0 Å². The van der Waals surface area contributed by atoms with Crippen LogP contribution in [0.25, 0.3) is 0 Å². The summed E-state index contributed by atoms with van der Waals surface area (Å²) in [6.07, 6.45) is 2.18. The van der Waals surface area contributed by atoms with Gasteiger partial charge in [0, 0.05) is 0 Å². The molecule has 0 saturated carbocycles. The number of thioether (sulfide) groups is 1. The monoisotopic (exact) mass is 331 g/mol. The van der Waals surface area contributed by atoms with Crippen LogP contribution in [0, 0.1) is 0 Å². The van der Waals surface area contributed by atoms with Gasteiger partial charge in [-0.2, -0.15) is 0 Å². The van der Waals surface area contributed by atoms with E-state index in [0.717, 1.165) is 6.61 Å². The first kappa shape index (κ1) is 14.4. The molecule has 1 unspecified atom stereocenters. The zero-order valence-corrected chi connectivity index (χ0v) is 13.9. The minimum absolute atomic E-state index is 0.0930. The van der Waals surface area contributed by atoms with Crippen LogP contribution in [0.3, 0.4) is 0 Å². The molecule has 1 aromatic rings. The molecule has 2 rings (SSSR count). The molecule has 18 heavy (non-hydrogen) atoms. The Morgan fingerprint density at radius 1 is 1.44 bits per heavy atom. The van der Waals surface area contributed by atoms with Gasteiger partial charge in [0.05, 0.1) is 0 Å². The van der Waals surface area contributed by atoms with Crippen LogP contribution in [0.2, 0.25) is 4.82 Å². The molecule has 2 atom stereocenters. The Balaban J connectivity index is 2.19. The van der Waals surface area contributed by atoms with Gasteiger partial charge in [-0.3, -0.25) is 0 Å². The van der Waals surface area contributed by atoms with Gasteiger partial charge >= 0.3 is 121 Å². The van der Waals surface area contributed by atoms with E-state index in [1.807, 2.05) is 11.8 Å². The van der Waals surface area contributed by atoms with Gasteiger partial charge in [0.15, 0.2) is 0 Å². The third-order valence-electron chi connectivity index (χ3n) is 3.35. The Bertz CT molecular complexity index is 411. The number of nitrogens with one attached hydrogen (secondary N) is 1. The van der Waals surface area contributed by atoms with E-state index in [4.69, 9.17) is 4.84 Å². The molecule has 4 heteroatoms. The van der Waals surface area contributed by atoms with Crippen molar-refractivity contribution in [3.05, 3.63) is 29.8 Å². The topological polar surface area (TPSA) is 21.3 Å².